The van der Waals surface area contributed by atoms with Gasteiger partial charge in [0.1, 0.15) is 0 Å². The second kappa shape index (κ2) is 21.2. The lowest BCUT2D eigenvalue weighted by atomic mass is 10.0. The molecule has 15 nitrogen and oxygen atoms in total. The number of hydrogen-bond acceptors (Lipinski definition) is 10. The third kappa shape index (κ3) is 14.6. The van der Waals surface area contributed by atoms with E-state index in [0.29, 0.717) is 78.4 Å². The molecule has 258 valence electrons. The Bertz CT molecular complexity index is 1120. The van der Waals surface area contributed by atoms with Crippen molar-refractivity contribution in [3.63, 3.8) is 0 Å². The van der Waals surface area contributed by atoms with E-state index in [1.54, 1.807) is 12.1 Å². The Morgan fingerprint density at radius 2 is 1.04 bits per heavy atom. The van der Waals surface area contributed by atoms with Crippen molar-refractivity contribution < 1.29 is 24.1 Å². The molecule has 1 aromatic carbocycles. The fourth-order valence-electron chi connectivity index (χ4n) is 5.44. The van der Waals surface area contributed by atoms with Crippen molar-refractivity contribution in [2.45, 2.75) is 40.2 Å². The van der Waals surface area contributed by atoms with Crippen molar-refractivity contribution in [3.8, 4) is 0 Å². The van der Waals surface area contributed by atoms with Gasteiger partial charge in [0.15, 0.2) is 0 Å². The molecule has 1 fully saturated rings. The van der Waals surface area contributed by atoms with Crippen LogP contribution in [0, 0.1) is 10.1 Å². The van der Waals surface area contributed by atoms with Crippen LogP contribution in [0.3, 0.4) is 0 Å². The van der Waals surface area contributed by atoms with Crippen molar-refractivity contribution >= 4 is 29.3 Å². The zero-order valence-corrected chi connectivity index (χ0v) is 27.9. The standard InChI is InChI=1S/C31H53N9O6/c1-5-32-28(41)21-36-13-14-37(22-29(42)33-6-2)17-18-39(24-31(44)35-8-4)27(19-25-9-11-26(12-10-25)40(45)46)20-38(16-15-36)23-30(43)34-7-3/h9-12,27H,5-8,13-24H2,1-4H3,(H,32,41)(H,33,42)(H,34,43)(H,35,44)/t27-/m0/s1. The first-order valence-corrected chi connectivity index (χ1v) is 16.3. The molecule has 46 heavy (non-hydrogen) atoms. The number of nitro benzene ring substituents is 1. The van der Waals surface area contributed by atoms with Gasteiger partial charge in [0.2, 0.25) is 23.6 Å². The van der Waals surface area contributed by atoms with E-state index in [-0.39, 0.29) is 61.5 Å². The molecule has 0 spiro atoms. The number of hydrogen-bond donors (Lipinski definition) is 4. The van der Waals surface area contributed by atoms with Crippen molar-refractivity contribution in [1.82, 2.24) is 40.9 Å². The summed E-state index contributed by atoms with van der Waals surface area (Å²) in [6.07, 6.45) is 0.474. The first-order chi connectivity index (χ1) is 22.1. The Labute approximate surface area is 272 Å². The van der Waals surface area contributed by atoms with E-state index < -0.39 is 4.92 Å². The summed E-state index contributed by atoms with van der Waals surface area (Å²) in [5.74, 6) is -0.454. The summed E-state index contributed by atoms with van der Waals surface area (Å²) in [6, 6.07) is 6.14. The largest absolute Gasteiger partial charge is 0.355 e. The van der Waals surface area contributed by atoms with Crippen LogP contribution in [0.15, 0.2) is 24.3 Å². The van der Waals surface area contributed by atoms with E-state index in [1.807, 2.05) is 42.4 Å². The van der Waals surface area contributed by atoms with Gasteiger partial charge >= 0.3 is 0 Å². The Morgan fingerprint density at radius 1 is 0.652 bits per heavy atom. The summed E-state index contributed by atoms with van der Waals surface area (Å²) in [5, 5.41) is 22.7. The Hall–Kier alpha value is -3.66. The van der Waals surface area contributed by atoms with Gasteiger partial charge < -0.3 is 21.3 Å². The number of nitrogens with zero attached hydrogens (tertiary/aromatic N) is 5. The fourth-order valence-corrected chi connectivity index (χ4v) is 5.44. The molecule has 1 saturated heterocycles. The number of carbonyl (C=O) groups excluding carboxylic acids is 4. The summed E-state index contributed by atoms with van der Waals surface area (Å²) in [7, 11) is 0. The van der Waals surface area contributed by atoms with Gasteiger partial charge in [-0.2, -0.15) is 0 Å². The minimum absolute atomic E-state index is 0.00677. The highest BCUT2D eigenvalue weighted by atomic mass is 16.6. The Morgan fingerprint density at radius 3 is 1.48 bits per heavy atom. The molecule has 1 heterocycles. The number of benzene rings is 1. The van der Waals surface area contributed by atoms with Gasteiger partial charge in [0, 0.05) is 90.2 Å². The normalized spacial score (nSPS) is 17.7. The van der Waals surface area contributed by atoms with Crippen molar-refractivity contribution in [2.24, 2.45) is 0 Å². The molecule has 2 rings (SSSR count). The van der Waals surface area contributed by atoms with E-state index in [9.17, 15) is 29.3 Å². The number of nitro groups is 1. The molecular weight excluding hydrogens is 594 g/mol. The number of non-ortho nitro benzene ring substituents is 1. The topological polar surface area (TPSA) is 173 Å². The van der Waals surface area contributed by atoms with E-state index in [0.717, 1.165) is 5.56 Å². The van der Waals surface area contributed by atoms with Gasteiger partial charge in [0.05, 0.1) is 31.1 Å². The lowest BCUT2D eigenvalue weighted by Crippen LogP contribution is -2.55. The molecule has 1 aromatic rings. The number of carbonyl (C=O) groups is 4. The van der Waals surface area contributed by atoms with Gasteiger partial charge in [-0.15, -0.1) is 0 Å². The molecule has 0 unspecified atom stereocenters. The lowest BCUT2D eigenvalue weighted by Gasteiger charge is -2.38. The number of nitrogens with one attached hydrogen (secondary N) is 4. The van der Waals surface area contributed by atoms with Crippen LogP contribution in [0.4, 0.5) is 5.69 Å². The summed E-state index contributed by atoms with van der Waals surface area (Å²) in [6.45, 7) is 13.5. The number of rotatable bonds is 15. The zero-order valence-electron chi connectivity index (χ0n) is 27.9. The van der Waals surface area contributed by atoms with Crippen molar-refractivity contribution in [3.05, 3.63) is 39.9 Å². The molecule has 1 aliphatic heterocycles. The quantitative estimate of drug-likeness (QED) is 0.141. The van der Waals surface area contributed by atoms with Gasteiger partial charge in [-0.05, 0) is 39.7 Å². The molecule has 0 saturated carbocycles. The maximum atomic E-state index is 13.0. The minimum Gasteiger partial charge on any atom is -0.355 e. The maximum Gasteiger partial charge on any atom is 0.269 e. The van der Waals surface area contributed by atoms with Crippen LogP contribution in [0.5, 0.6) is 0 Å². The predicted octanol–water partition coefficient (Wildman–Crippen LogP) is -0.728. The molecule has 0 aromatic heterocycles. The number of likely N-dealkylation sites (N-methyl/N-ethyl adjacent to an activating group) is 4. The minimum atomic E-state index is -0.439. The summed E-state index contributed by atoms with van der Waals surface area (Å²) < 4.78 is 0. The Kier molecular flexibility index (Phi) is 17.7. The van der Waals surface area contributed by atoms with Gasteiger partial charge in [-0.25, -0.2) is 0 Å². The monoisotopic (exact) mass is 647 g/mol. The molecule has 1 aliphatic rings. The van der Waals surface area contributed by atoms with E-state index in [4.69, 9.17) is 0 Å². The second-order valence-electron chi connectivity index (χ2n) is 11.4. The summed E-state index contributed by atoms with van der Waals surface area (Å²) in [5.41, 5.74) is 0.853. The highest BCUT2D eigenvalue weighted by Gasteiger charge is 2.27. The highest BCUT2D eigenvalue weighted by Crippen LogP contribution is 2.17. The summed E-state index contributed by atoms with van der Waals surface area (Å²) >= 11 is 0. The SMILES string of the molecule is CCNC(=O)CN1CCN(CC(=O)NCC)CCN(CC(=O)NCC)[C@@H](Cc2ccc([N+](=O)[O-])cc2)CN(CC(=O)NCC)CC1. The maximum absolute atomic E-state index is 13.0. The second-order valence-corrected chi connectivity index (χ2v) is 11.4. The molecule has 1 atom stereocenters. The van der Waals surface area contributed by atoms with Crippen LogP contribution in [-0.2, 0) is 25.6 Å². The van der Waals surface area contributed by atoms with Crippen LogP contribution in [0.25, 0.3) is 0 Å². The van der Waals surface area contributed by atoms with Crippen LogP contribution < -0.4 is 21.3 Å². The third-order valence-corrected chi connectivity index (χ3v) is 7.72. The smallest absolute Gasteiger partial charge is 0.269 e. The van der Waals surface area contributed by atoms with Crippen LogP contribution >= 0.6 is 0 Å². The molecule has 4 N–H and O–H groups in total. The van der Waals surface area contributed by atoms with Crippen molar-refractivity contribution in [1.29, 1.82) is 0 Å². The van der Waals surface area contributed by atoms with Crippen molar-refractivity contribution in [2.75, 3.05) is 98.2 Å². The van der Waals surface area contributed by atoms with Crippen LogP contribution in [-0.4, -0.2) is 152 Å². The molecular formula is C31H53N9O6. The zero-order chi connectivity index (χ0) is 33.9. The van der Waals surface area contributed by atoms with Gasteiger partial charge in [-0.1, -0.05) is 12.1 Å². The first kappa shape index (κ1) is 38.5. The van der Waals surface area contributed by atoms with Gasteiger partial charge in [-0.3, -0.25) is 48.9 Å². The third-order valence-electron chi connectivity index (χ3n) is 7.72. The van der Waals surface area contributed by atoms with Gasteiger partial charge in [0.25, 0.3) is 5.69 Å². The lowest BCUT2D eigenvalue weighted by molar-refractivity contribution is -0.384. The summed E-state index contributed by atoms with van der Waals surface area (Å²) in [4.78, 5) is 70.1. The molecule has 15 heteroatoms. The first-order valence-electron chi connectivity index (χ1n) is 16.3. The molecule has 0 radical (unpaired) electrons. The molecule has 0 aliphatic carbocycles. The van der Waals surface area contributed by atoms with E-state index in [1.165, 1.54) is 12.1 Å². The van der Waals surface area contributed by atoms with Crippen LogP contribution in [0.1, 0.15) is 33.3 Å². The van der Waals surface area contributed by atoms with E-state index >= 15 is 0 Å². The Balaban J connectivity index is 2.50. The molecule has 0 bridgehead atoms. The molecule has 4 amide bonds. The highest BCUT2D eigenvalue weighted by molar-refractivity contribution is 5.79. The fraction of sp³-hybridized carbons (Fsp3) is 0.677. The van der Waals surface area contributed by atoms with Crippen LogP contribution in [0.2, 0.25) is 0 Å². The average Bonchev–Trinajstić information content (AvgIpc) is 2.99. The average molecular weight is 648 g/mol. The predicted molar refractivity (Wildman–Crippen MR) is 176 cm³/mol. The van der Waals surface area contributed by atoms with E-state index in [2.05, 4.69) is 26.2 Å². The number of amides is 4.